The van der Waals surface area contributed by atoms with Gasteiger partial charge in [-0.25, -0.2) is 15.0 Å². The molecule has 0 aromatic carbocycles. The van der Waals surface area contributed by atoms with E-state index >= 15 is 0 Å². The van der Waals surface area contributed by atoms with Gasteiger partial charge in [-0.1, -0.05) is 13.0 Å². The average molecular weight is 382 g/mol. The predicted molar refractivity (Wildman–Crippen MR) is 109 cm³/mol. The third-order valence-corrected chi connectivity index (χ3v) is 6.22. The van der Waals surface area contributed by atoms with Crippen molar-refractivity contribution < 1.29 is 4.79 Å². The zero-order valence-corrected chi connectivity index (χ0v) is 16.4. The van der Waals surface area contributed by atoms with Gasteiger partial charge in [0.2, 0.25) is 5.91 Å². The van der Waals surface area contributed by atoms with E-state index < -0.39 is 0 Å². The summed E-state index contributed by atoms with van der Waals surface area (Å²) in [4.78, 5) is 30.4. The number of nitrogens with one attached hydrogen (secondary N) is 1. The van der Waals surface area contributed by atoms with Crippen molar-refractivity contribution in [3.8, 4) is 0 Å². The van der Waals surface area contributed by atoms with Crippen molar-refractivity contribution in [2.45, 2.75) is 33.1 Å². The Kier molecular flexibility index (Phi) is 5.03. The summed E-state index contributed by atoms with van der Waals surface area (Å²) in [6, 6.07) is 6.01. The topological polar surface area (TPSA) is 71.0 Å². The predicted octanol–water partition coefficient (Wildman–Crippen LogP) is 3.81. The Morgan fingerprint density at radius 2 is 2.07 bits per heavy atom. The third kappa shape index (κ3) is 3.78. The molecule has 6 nitrogen and oxygen atoms in total. The highest BCUT2D eigenvalue weighted by atomic mass is 32.1. The van der Waals surface area contributed by atoms with Gasteiger partial charge in [-0.2, -0.15) is 0 Å². The maximum Gasteiger partial charge on any atom is 0.228 e. The second-order valence-corrected chi connectivity index (χ2v) is 8.07. The Labute approximate surface area is 162 Å². The van der Waals surface area contributed by atoms with Crippen molar-refractivity contribution in [2.24, 2.45) is 5.92 Å². The number of rotatable bonds is 4. The minimum Gasteiger partial charge on any atom is -0.356 e. The molecule has 0 unspecified atom stereocenters. The van der Waals surface area contributed by atoms with E-state index in [9.17, 15) is 4.79 Å². The summed E-state index contributed by atoms with van der Waals surface area (Å²) >= 11 is 1.73. The molecule has 7 heteroatoms. The molecule has 0 bridgehead atoms. The van der Waals surface area contributed by atoms with Gasteiger partial charge in [0, 0.05) is 30.1 Å². The van der Waals surface area contributed by atoms with Crippen molar-refractivity contribution in [3.63, 3.8) is 0 Å². The van der Waals surface area contributed by atoms with Gasteiger partial charge in [0.05, 0.1) is 5.39 Å². The zero-order chi connectivity index (χ0) is 18.8. The van der Waals surface area contributed by atoms with E-state index in [1.165, 1.54) is 4.88 Å². The van der Waals surface area contributed by atoms with E-state index in [4.69, 9.17) is 0 Å². The molecule has 140 valence electrons. The number of aromatic nitrogens is 3. The number of hydrogen-bond donors (Lipinski definition) is 1. The van der Waals surface area contributed by atoms with Gasteiger partial charge in [-0.3, -0.25) is 4.79 Å². The number of hydrogen-bond acceptors (Lipinski definition) is 6. The molecule has 1 aliphatic rings. The minimum absolute atomic E-state index is 0.00959. The molecule has 1 amide bonds. The lowest BCUT2D eigenvalue weighted by atomic mass is 9.95. The second kappa shape index (κ2) is 7.60. The highest BCUT2D eigenvalue weighted by Gasteiger charge is 2.27. The molecule has 1 N–H and O–H groups in total. The molecule has 4 heterocycles. The molecule has 0 radical (unpaired) electrons. The number of carbonyl (C=O) groups excluding carboxylic acids is 1. The van der Waals surface area contributed by atoms with Crippen LogP contribution in [0.1, 0.15) is 30.2 Å². The van der Waals surface area contributed by atoms with Crippen LogP contribution >= 0.6 is 11.3 Å². The Balaban J connectivity index is 1.42. The Morgan fingerprint density at radius 1 is 1.26 bits per heavy atom. The molecule has 3 aromatic heterocycles. The number of fused-ring (bicyclic) bond motifs is 1. The van der Waals surface area contributed by atoms with Gasteiger partial charge < -0.3 is 10.2 Å². The van der Waals surface area contributed by atoms with E-state index in [0.29, 0.717) is 5.82 Å². The Hall–Kier alpha value is -2.54. The maximum absolute atomic E-state index is 12.6. The number of nitrogens with zero attached hydrogens (tertiary/aromatic N) is 4. The number of amides is 1. The molecule has 1 saturated heterocycles. The molecule has 0 aliphatic carbocycles. The summed E-state index contributed by atoms with van der Waals surface area (Å²) in [6.07, 6.45) is 6.05. The van der Waals surface area contributed by atoms with Crippen LogP contribution in [0.3, 0.4) is 0 Å². The fourth-order valence-corrected chi connectivity index (χ4v) is 4.37. The summed E-state index contributed by atoms with van der Waals surface area (Å²) in [7, 11) is 0. The number of anilines is 2. The van der Waals surface area contributed by atoms with Crippen molar-refractivity contribution in [1.29, 1.82) is 0 Å². The zero-order valence-electron chi connectivity index (χ0n) is 15.6. The largest absolute Gasteiger partial charge is 0.356 e. The maximum atomic E-state index is 12.6. The Bertz CT molecular complexity index is 945. The number of thiophene rings is 1. The van der Waals surface area contributed by atoms with Gasteiger partial charge in [0.1, 0.15) is 22.8 Å². The third-order valence-electron chi connectivity index (χ3n) is 5.04. The van der Waals surface area contributed by atoms with Crippen LogP contribution in [0.25, 0.3) is 10.2 Å². The van der Waals surface area contributed by atoms with E-state index in [1.54, 1.807) is 23.9 Å². The smallest absolute Gasteiger partial charge is 0.228 e. The molecule has 0 spiro atoms. The first-order valence-corrected chi connectivity index (χ1v) is 10.2. The van der Waals surface area contributed by atoms with Crippen LogP contribution in [-0.2, 0) is 11.2 Å². The van der Waals surface area contributed by atoms with Crippen LogP contribution in [0.15, 0.2) is 30.7 Å². The quantitative estimate of drug-likeness (QED) is 0.744. The molecule has 4 rings (SSSR count). The van der Waals surface area contributed by atoms with Gasteiger partial charge in [-0.15, -0.1) is 11.3 Å². The number of carbonyl (C=O) groups is 1. The summed E-state index contributed by atoms with van der Waals surface area (Å²) in [5.41, 5.74) is 1.08. The Morgan fingerprint density at radius 3 is 2.78 bits per heavy atom. The lowest BCUT2D eigenvalue weighted by Gasteiger charge is -2.32. The number of pyridine rings is 1. The van der Waals surface area contributed by atoms with Crippen molar-refractivity contribution in [2.75, 3.05) is 23.3 Å². The fraction of sp³-hybridized carbons (Fsp3) is 0.400. The molecular weight excluding hydrogens is 358 g/mol. The fourth-order valence-electron chi connectivity index (χ4n) is 3.44. The first-order chi connectivity index (χ1) is 13.1. The van der Waals surface area contributed by atoms with Crippen LogP contribution in [0.2, 0.25) is 0 Å². The van der Waals surface area contributed by atoms with Gasteiger partial charge >= 0.3 is 0 Å². The summed E-state index contributed by atoms with van der Waals surface area (Å²) in [5.74, 6) is 1.68. The van der Waals surface area contributed by atoms with Crippen LogP contribution < -0.4 is 10.2 Å². The normalized spacial score (nSPS) is 15.3. The average Bonchev–Trinajstić information content (AvgIpc) is 3.13. The first-order valence-electron chi connectivity index (χ1n) is 9.36. The summed E-state index contributed by atoms with van der Waals surface area (Å²) < 4.78 is 0. The molecule has 27 heavy (non-hydrogen) atoms. The highest BCUT2D eigenvalue weighted by Crippen LogP contribution is 2.32. The highest BCUT2D eigenvalue weighted by molar-refractivity contribution is 7.18. The van der Waals surface area contributed by atoms with Crippen LogP contribution in [0.5, 0.6) is 0 Å². The lowest BCUT2D eigenvalue weighted by molar-refractivity contribution is -0.120. The van der Waals surface area contributed by atoms with Crippen molar-refractivity contribution >= 4 is 39.1 Å². The number of aryl methyl sites for hydroxylation is 2. The SMILES string of the molecule is CCc1cc2c(N3CCC(C(=O)Nc4ccc(C)cn4)CC3)ncnc2s1. The molecule has 1 aliphatic heterocycles. The van der Waals surface area contributed by atoms with Gasteiger partial charge in [0.15, 0.2) is 0 Å². The monoisotopic (exact) mass is 381 g/mol. The van der Waals surface area contributed by atoms with E-state index in [1.807, 2.05) is 19.1 Å². The summed E-state index contributed by atoms with van der Waals surface area (Å²) in [6.45, 7) is 5.78. The molecule has 0 saturated carbocycles. The molecule has 1 fully saturated rings. The van der Waals surface area contributed by atoms with E-state index in [0.717, 1.165) is 53.9 Å². The van der Waals surface area contributed by atoms with Gasteiger partial charge in [0.25, 0.3) is 0 Å². The first kappa shape index (κ1) is 17.9. The summed E-state index contributed by atoms with van der Waals surface area (Å²) in [5, 5.41) is 4.07. The van der Waals surface area contributed by atoms with E-state index in [-0.39, 0.29) is 11.8 Å². The lowest BCUT2D eigenvalue weighted by Crippen LogP contribution is -2.38. The van der Waals surface area contributed by atoms with Crippen molar-refractivity contribution in [3.05, 3.63) is 41.2 Å². The van der Waals surface area contributed by atoms with Crippen LogP contribution in [0, 0.1) is 12.8 Å². The molecule has 0 atom stereocenters. The van der Waals surface area contributed by atoms with E-state index in [2.05, 4.69) is 38.2 Å². The second-order valence-electron chi connectivity index (χ2n) is 6.95. The minimum atomic E-state index is 0.00959. The van der Waals surface area contributed by atoms with Gasteiger partial charge in [-0.05, 0) is 43.9 Å². The standard InChI is InChI=1S/C20H23N5OS/c1-3-15-10-16-18(22-12-23-20(16)27-15)25-8-6-14(7-9-25)19(26)24-17-5-4-13(2)11-21-17/h4-5,10-12,14H,3,6-9H2,1-2H3,(H,21,24,26). The van der Waals surface area contributed by atoms with Crippen LogP contribution in [0.4, 0.5) is 11.6 Å². The molecular formula is C20H23N5OS. The molecule has 3 aromatic rings. The van der Waals surface area contributed by atoms with Crippen LogP contribution in [-0.4, -0.2) is 33.9 Å². The number of piperidine rings is 1. The van der Waals surface area contributed by atoms with Crippen molar-refractivity contribution in [1.82, 2.24) is 15.0 Å².